The van der Waals surface area contributed by atoms with Crippen molar-refractivity contribution in [1.29, 1.82) is 0 Å². The summed E-state index contributed by atoms with van der Waals surface area (Å²) in [6.45, 7) is 1.80. The van der Waals surface area contributed by atoms with Crippen LogP contribution in [-0.2, 0) is 16.1 Å². The molecule has 15 heavy (non-hydrogen) atoms. The molecule has 0 aromatic carbocycles. The second kappa shape index (κ2) is 5.07. The molecule has 1 unspecified atom stereocenters. The minimum absolute atomic E-state index is 0.146. The molecule has 0 saturated carbocycles. The van der Waals surface area contributed by atoms with Crippen LogP contribution in [0.3, 0.4) is 0 Å². The summed E-state index contributed by atoms with van der Waals surface area (Å²) in [4.78, 5) is 7.67. The van der Waals surface area contributed by atoms with Gasteiger partial charge in [-0.2, -0.15) is 0 Å². The Kier molecular flexibility index (Phi) is 3.75. The molecule has 6 heteroatoms. The van der Waals surface area contributed by atoms with Crippen LogP contribution in [0.5, 0.6) is 0 Å². The molecule has 1 aromatic heterocycles. The smallest absolute Gasteiger partial charge is 0.223 e. The zero-order valence-corrected chi connectivity index (χ0v) is 9.46. The van der Waals surface area contributed by atoms with Gasteiger partial charge in [-0.25, -0.2) is 9.97 Å². The van der Waals surface area contributed by atoms with Crippen LogP contribution in [-0.4, -0.2) is 29.3 Å². The fourth-order valence-electron chi connectivity index (χ4n) is 1.31. The van der Waals surface area contributed by atoms with E-state index in [-0.39, 0.29) is 11.4 Å². The van der Waals surface area contributed by atoms with E-state index in [1.807, 2.05) is 0 Å². The van der Waals surface area contributed by atoms with Crippen LogP contribution in [0.4, 0.5) is 0 Å². The van der Waals surface area contributed by atoms with E-state index in [0.29, 0.717) is 18.4 Å². The van der Waals surface area contributed by atoms with Gasteiger partial charge >= 0.3 is 0 Å². The largest absolute Gasteiger partial charge is 0.379 e. The van der Waals surface area contributed by atoms with Crippen LogP contribution in [0.15, 0.2) is 6.20 Å². The van der Waals surface area contributed by atoms with Gasteiger partial charge in [0.15, 0.2) is 0 Å². The molecule has 0 radical (unpaired) electrons. The average molecular weight is 249 g/mol. The third-order valence-electron chi connectivity index (χ3n) is 2.14. The topological polar surface area (TPSA) is 44.2 Å². The molecule has 1 fully saturated rings. The van der Waals surface area contributed by atoms with Crippen LogP contribution in [0.25, 0.3) is 0 Å². The fraction of sp³-hybridized carbons (Fsp3) is 0.556. The van der Waals surface area contributed by atoms with Gasteiger partial charge in [0.25, 0.3) is 0 Å². The van der Waals surface area contributed by atoms with Gasteiger partial charge in [-0.05, 0) is 18.0 Å². The number of aromatic nitrogens is 2. The Labute approximate surface area is 97.5 Å². The predicted octanol–water partition coefficient (Wildman–Crippen LogP) is 2.09. The standard InChI is InChI=1S/C9H10Cl2N2O2/c10-8-6(3-12-9(11)13-8)4-15-7-1-2-14-5-7/h3,7H,1-2,4-5H2. The van der Waals surface area contributed by atoms with E-state index < -0.39 is 0 Å². The number of rotatable bonds is 3. The number of hydrogen-bond acceptors (Lipinski definition) is 4. The summed E-state index contributed by atoms with van der Waals surface area (Å²) in [6, 6.07) is 0. The molecule has 0 amide bonds. The van der Waals surface area contributed by atoms with Gasteiger partial charge in [0, 0.05) is 18.4 Å². The lowest BCUT2D eigenvalue weighted by atomic mass is 10.3. The van der Waals surface area contributed by atoms with Crippen LogP contribution in [0.1, 0.15) is 12.0 Å². The van der Waals surface area contributed by atoms with Gasteiger partial charge in [-0.3, -0.25) is 0 Å². The molecule has 82 valence electrons. The van der Waals surface area contributed by atoms with Crippen LogP contribution < -0.4 is 0 Å². The van der Waals surface area contributed by atoms with Crippen LogP contribution in [0, 0.1) is 0 Å². The van der Waals surface area contributed by atoms with Crippen LogP contribution >= 0.6 is 23.2 Å². The molecule has 1 aromatic rings. The molecule has 1 atom stereocenters. The van der Waals surface area contributed by atoms with Gasteiger partial charge < -0.3 is 9.47 Å². The van der Waals surface area contributed by atoms with Crippen molar-refractivity contribution in [2.45, 2.75) is 19.1 Å². The first-order valence-electron chi connectivity index (χ1n) is 4.62. The van der Waals surface area contributed by atoms with Crippen molar-refractivity contribution < 1.29 is 9.47 Å². The van der Waals surface area contributed by atoms with Crippen molar-refractivity contribution in [3.63, 3.8) is 0 Å². The highest BCUT2D eigenvalue weighted by atomic mass is 35.5. The Hall–Kier alpha value is -0.420. The second-order valence-corrected chi connectivity index (χ2v) is 3.95. The number of halogens is 2. The first-order valence-corrected chi connectivity index (χ1v) is 5.37. The van der Waals surface area contributed by atoms with Crippen molar-refractivity contribution in [2.75, 3.05) is 13.2 Å². The van der Waals surface area contributed by atoms with Crippen molar-refractivity contribution in [2.24, 2.45) is 0 Å². The Balaban J connectivity index is 1.92. The molecule has 4 nitrogen and oxygen atoms in total. The minimum Gasteiger partial charge on any atom is -0.379 e. The molecule has 0 spiro atoms. The summed E-state index contributed by atoms with van der Waals surface area (Å²) in [7, 11) is 0. The Bertz CT molecular complexity index is 343. The zero-order valence-electron chi connectivity index (χ0n) is 7.95. The van der Waals surface area contributed by atoms with Crippen molar-refractivity contribution in [3.05, 3.63) is 22.2 Å². The third kappa shape index (κ3) is 3.01. The van der Waals surface area contributed by atoms with Crippen molar-refractivity contribution in [1.82, 2.24) is 9.97 Å². The lowest BCUT2D eigenvalue weighted by molar-refractivity contribution is 0.0315. The molecule has 0 bridgehead atoms. The number of ether oxygens (including phenoxy) is 2. The highest BCUT2D eigenvalue weighted by Crippen LogP contribution is 2.17. The maximum atomic E-state index is 5.87. The summed E-state index contributed by atoms with van der Waals surface area (Å²) in [6.07, 6.45) is 2.65. The second-order valence-electron chi connectivity index (χ2n) is 3.25. The number of nitrogens with zero attached hydrogens (tertiary/aromatic N) is 2. The molecular formula is C9H10Cl2N2O2. The van der Waals surface area contributed by atoms with E-state index in [4.69, 9.17) is 32.7 Å². The number of hydrogen-bond donors (Lipinski definition) is 0. The summed E-state index contributed by atoms with van der Waals surface area (Å²) < 4.78 is 10.8. The summed E-state index contributed by atoms with van der Waals surface area (Å²) in [5.41, 5.74) is 0.743. The normalized spacial score (nSPS) is 20.8. The van der Waals surface area contributed by atoms with Crippen molar-refractivity contribution in [3.8, 4) is 0 Å². The Morgan fingerprint density at radius 2 is 2.40 bits per heavy atom. The van der Waals surface area contributed by atoms with Crippen molar-refractivity contribution >= 4 is 23.2 Å². The average Bonchev–Trinajstić information content (AvgIpc) is 2.69. The zero-order chi connectivity index (χ0) is 10.7. The summed E-state index contributed by atoms with van der Waals surface area (Å²) in [5.74, 6) is 0. The van der Waals surface area contributed by atoms with E-state index in [1.54, 1.807) is 6.20 Å². The minimum atomic E-state index is 0.146. The monoisotopic (exact) mass is 248 g/mol. The lowest BCUT2D eigenvalue weighted by Crippen LogP contribution is -2.12. The van der Waals surface area contributed by atoms with E-state index >= 15 is 0 Å². The molecule has 1 aliphatic heterocycles. The van der Waals surface area contributed by atoms with Gasteiger partial charge in [0.2, 0.25) is 5.28 Å². The fourth-order valence-corrected chi connectivity index (χ4v) is 1.67. The van der Waals surface area contributed by atoms with E-state index in [2.05, 4.69) is 9.97 Å². The maximum absolute atomic E-state index is 5.87. The Morgan fingerprint density at radius 3 is 3.07 bits per heavy atom. The van der Waals surface area contributed by atoms with E-state index in [1.165, 1.54) is 0 Å². The molecule has 0 aliphatic carbocycles. The molecular weight excluding hydrogens is 239 g/mol. The first kappa shape index (κ1) is 11.1. The van der Waals surface area contributed by atoms with Gasteiger partial charge in [0.1, 0.15) is 5.15 Å². The van der Waals surface area contributed by atoms with Gasteiger partial charge in [-0.15, -0.1) is 0 Å². The van der Waals surface area contributed by atoms with Gasteiger partial charge in [0.05, 0.1) is 19.3 Å². The van der Waals surface area contributed by atoms with Gasteiger partial charge in [-0.1, -0.05) is 11.6 Å². The summed E-state index contributed by atoms with van der Waals surface area (Å²) >= 11 is 11.4. The maximum Gasteiger partial charge on any atom is 0.223 e. The third-order valence-corrected chi connectivity index (χ3v) is 2.65. The molecule has 2 rings (SSSR count). The Morgan fingerprint density at radius 1 is 1.53 bits per heavy atom. The predicted molar refractivity (Wildman–Crippen MR) is 56.1 cm³/mol. The molecule has 2 heterocycles. The lowest BCUT2D eigenvalue weighted by Gasteiger charge is -2.09. The quantitative estimate of drug-likeness (QED) is 0.607. The summed E-state index contributed by atoms with van der Waals surface area (Å²) in [5, 5.41) is 0.488. The highest BCUT2D eigenvalue weighted by molar-refractivity contribution is 6.32. The molecule has 0 N–H and O–H groups in total. The molecule has 1 aliphatic rings. The SMILES string of the molecule is Clc1ncc(COC2CCOC2)c(Cl)n1. The van der Waals surface area contributed by atoms with E-state index in [9.17, 15) is 0 Å². The van der Waals surface area contributed by atoms with E-state index in [0.717, 1.165) is 18.6 Å². The highest BCUT2D eigenvalue weighted by Gasteiger charge is 2.16. The first-order chi connectivity index (χ1) is 7.25. The molecule has 1 saturated heterocycles. The van der Waals surface area contributed by atoms with Crippen LogP contribution in [0.2, 0.25) is 10.4 Å².